The van der Waals surface area contributed by atoms with Crippen molar-refractivity contribution in [2.75, 3.05) is 6.61 Å². The molecule has 2 rings (SSSR count). The van der Waals surface area contributed by atoms with Gasteiger partial charge in [0.2, 0.25) is 5.79 Å². The van der Waals surface area contributed by atoms with E-state index in [1.807, 2.05) is 0 Å². The van der Waals surface area contributed by atoms with Crippen LogP contribution in [0.4, 0.5) is 0 Å². The van der Waals surface area contributed by atoms with Gasteiger partial charge >= 0.3 is 0 Å². The van der Waals surface area contributed by atoms with E-state index in [4.69, 9.17) is 9.84 Å². The molecule has 5 heteroatoms. The first-order valence-corrected chi connectivity index (χ1v) is 4.24. The molecule has 0 aromatic carbocycles. The Morgan fingerprint density at radius 1 is 1.31 bits per heavy atom. The van der Waals surface area contributed by atoms with Gasteiger partial charge in [-0.1, -0.05) is 13.8 Å². The van der Waals surface area contributed by atoms with Gasteiger partial charge in [-0.15, -0.1) is 0 Å². The molecule has 5 nitrogen and oxygen atoms in total. The molecule has 0 spiro atoms. The second-order valence-electron chi connectivity index (χ2n) is 4.32. The van der Waals surface area contributed by atoms with Crippen molar-refractivity contribution in [1.29, 1.82) is 0 Å². The van der Waals surface area contributed by atoms with Crippen LogP contribution in [0.25, 0.3) is 0 Å². The maximum atomic E-state index is 9.89. The molecule has 2 fully saturated rings. The van der Waals surface area contributed by atoms with Crippen LogP contribution in [0.3, 0.4) is 0 Å². The summed E-state index contributed by atoms with van der Waals surface area (Å²) in [7, 11) is 0. The summed E-state index contributed by atoms with van der Waals surface area (Å²) in [4.78, 5) is 0. The molecule has 2 aliphatic rings. The van der Waals surface area contributed by atoms with Crippen LogP contribution in [0.15, 0.2) is 0 Å². The molecule has 1 aliphatic carbocycles. The fourth-order valence-corrected chi connectivity index (χ4v) is 2.32. The Morgan fingerprint density at radius 3 is 2.15 bits per heavy atom. The number of rotatable bonds is 1. The SMILES string of the molecule is CC1(C)C2(O)O[C@H](CO)[C@H](O)[C@]12O. The average molecular weight is 190 g/mol. The average Bonchev–Trinajstić information content (AvgIpc) is 2.32. The minimum Gasteiger partial charge on any atom is -0.394 e. The van der Waals surface area contributed by atoms with Crippen molar-refractivity contribution in [2.45, 2.75) is 37.4 Å². The molecule has 76 valence electrons. The zero-order valence-electron chi connectivity index (χ0n) is 7.56. The number of fused-ring (bicyclic) bond motifs is 1. The minimum atomic E-state index is -1.72. The second-order valence-corrected chi connectivity index (χ2v) is 4.32. The van der Waals surface area contributed by atoms with Crippen LogP contribution in [0.2, 0.25) is 0 Å². The molecule has 0 aromatic heterocycles. The summed E-state index contributed by atoms with van der Waals surface area (Å²) < 4.78 is 5.01. The highest BCUT2D eigenvalue weighted by Crippen LogP contribution is 2.71. The predicted molar refractivity (Wildman–Crippen MR) is 41.6 cm³/mol. The van der Waals surface area contributed by atoms with Crippen LogP contribution in [0.1, 0.15) is 13.8 Å². The van der Waals surface area contributed by atoms with Gasteiger partial charge in [-0.2, -0.15) is 0 Å². The Labute approximate surface area is 75.6 Å². The van der Waals surface area contributed by atoms with Crippen molar-refractivity contribution in [3.63, 3.8) is 0 Å². The maximum Gasteiger partial charge on any atom is 0.207 e. The first-order chi connectivity index (χ1) is 5.83. The van der Waals surface area contributed by atoms with Crippen LogP contribution in [-0.4, -0.2) is 50.6 Å². The van der Waals surface area contributed by atoms with Gasteiger partial charge in [0.05, 0.1) is 12.0 Å². The summed E-state index contributed by atoms with van der Waals surface area (Å²) in [6.07, 6.45) is -2.14. The van der Waals surface area contributed by atoms with Crippen molar-refractivity contribution in [1.82, 2.24) is 0 Å². The summed E-state index contributed by atoms with van der Waals surface area (Å²) in [5.74, 6) is -1.72. The molecular weight excluding hydrogens is 176 g/mol. The van der Waals surface area contributed by atoms with Crippen molar-refractivity contribution >= 4 is 0 Å². The maximum absolute atomic E-state index is 9.89. The molecule has 4 N–H and O–H groups in total. The fourth-order valence-electron chi connectivity index (χ4n) is 2.32. The van der Waals surface area contributed by atoms with Crippen LogP contribution in [-0.2, 0) is 4.74 Å². The summed E-state index contributed by atoms with van der Waals surface area (Å²) in [6.45, 7) is 2.79. The molecule has 1 aliphatic heterocycles. The van der Waals surface area contributed by atoms with Gasteiger partial charge in [0.1, 0.15) is 12.2 Å². The van der Waals surface area contributed by atoms with Gasteiger partial charge in [0.25, 0.3) is 0 Å². The molecule has 1 saturated heterocycles. The van der Waals surface area contributed by atoms with E-state index in [0.29, 0.717) is 0 Å². The molecule has 1 heterocycles. The van der Waals surface area contributed by atoms with E-state index in [1.54, 1.807) is 13.8 Å². The Balaban J connectivity index is 2.32. The summed E-state index contributed by atoms with van der Waals surface area (Å²) >= 11 is 0. The van der Waals surface area contributed by atoms with Gasteiger partial charge in [0.15, 0.2) is 5.60 Å². The normalized spacial score (nSPS) is 57.7. The minimum absolute atomic E-state index is 0.415. The molecular formula is C8H14O5. The lowest BCUT2D eigenvalue weighted by atomic mass is 9.98. The van der Waals surface area contributed by atoms with E-state index in [2.05, 4.69) is 0 Å². The van der Waals surface area contributed by atoms with E-state index in [1.165, 1.54) is 0 Å². The van der Waals surface area contributed by atoms with Crippen molar-refractivity contribution in [2.24, 2.45) is 5.41 Å². The molecule has 0 radical (unpaired) electrons. The van der Waals surface area contributed by atoms with E-state index in [9.17, 15) is 15.3 Å². The molecule has 1 unspecified atom stereocenters. The first-order valence-electron chi connectivity index (χ1n) is 4.24. The van der Waals surface area contributed by atoms with Gasteiger partial charge in [-0.3, -0.25) is 0 Å². The Hall–Kier alpha value is -0.200. The quantitative estimate of drug-likeness (QED) is 0.391. The standard InChI is InChI=1S/C8H14O5/c1-6(2)7(11)5(10)4(3-9)13-8(6,7)12/h4-5,9-12H,3H2,1-2H3/t4-,5+,7+,8?/m1/s1. The second kappa shape index (κ2) is 2.07. The largest absolute Gasteiger partial charge is 0.394 e. The van der Waals surface area contributed by atoms with Gasteiger partial charge < -0.3 is 25.2 Å². The van der Waals surface area contributed by atoms with Crippen LogP contribution in [0.5, 0.6) is 0 Å². The Bertz CT molecular complexity index is 253. The first kappa shape index (κ1) is 9.36. The van der Waals surface area contributed by atoms with E-state index in [0.717, 1.165) is 0 Å². The zero-order chi connectivity index (χ0) is 10.1. The van der Waals surface area contributed by atoms with Crippen molar-refractivity contribution in [3.8, 4) is 0 Å². The Morgan fingerprint density at radius 2 is 1.85 bits per heavy atom. The number of aliphatic hydroxyl groups excluding tert-OH is 2. The van der Waals surface area contributed by atoms with Crippen LogP contribution >= 0.6 is 0 Å². The highest BCUT2D eigenvalue weighted by atomic mass is 16.7. The van der Waals surface area contributed by atoms with E-state index >= 15 is 0 Å². The van der Waals surface area contributed by atoms with E-state index < -0.39 is 35.6 Å². The van der Waals surface area contributed by atoms with Gasteiger partial charge in [-0.05, 0) is 0 Å². The summed E-state index contributed by atoms with van der Waals surface area (Å²) in [5, 5.41) is 38.0. The molecule has 0 amide bonds. The molecule has 1 saturated carbocycles. The highest BCUT2D eigenvalue weighted by molar-refractivity contribution is 5.34. The lowest BCUT2D eigenvalue weighted by molar-refractivity contribution is -0.179. The Kier molecular flexibility index (Phi) is 1.49. The third kappa shape index (κ3) is 0.649. The topological polar surface area (TPSA) is 90.2 Å². The molecule has 0 aromatic rings. The summed E-state index contributed by atoms with van der Waals surface area (Å²) in [5.41, 5.74) is -2.53. The summed E-state index contributed by atoms with van der Waals surface area (Å²) in [6, 6.07) is 0. The lowest BCUT2D eigenvalue weighted by Crippen LogP contribution is -2.41. The molecule has 13 heavy (non-hydrogen) atoms. The van der Waals surface area contributed by atoms with Crippen LogP contribution in [0, 0.1) is 5.41 Å². The van der Waals surface area contributed by atoms with Gasteiger partial charge in [-0.25, -0.2) is 0 Å². The fraction of sp³-hybridized carbons (Fsp3) is 1.00. The van der Waals surface area contributed by atoms with E-state index in [-0.39, 0.29) is 0 Å². The molecule has 0 bridgehead atoms. The number of hydrogen-bond acceptors (Lipinski definition) is 5. The predicted octanol–water partition coefficient (Wildman–Crippen LogP) is -1.80. The smallest absolute Gasteiger partial charge is 0.207 e. The highest BCUT2D eigenvalue weighted by Gasteiger charge is 2.92. The molecule has 4 atom stereocenters. The third-order valence-electron chi connectivity index (χ3n) is 3.54. The van der Waals surface area contributed by atoms with Crippen molar-refractivity contribution in [3.05, 3.63) is 0 Å². The van der Waals surface area contributed by atoms with Crippen LogP contribution < -0.4 is 0 Å². The van der Waals surface area contributed by atoms with Gasteiger partial charge in [0, 0.05) is 0 Å². The third-order valence-corrected chi connectivity index (χ3v) is 3.54. The zero-order valence-corrected chi connectivity index (χ0v) is 7.56. The number of ether oxygens (including phenoxy) is 1. The number of hydrogen-bond donors (Lipinski definition) is 4. The number of aliphatic hydroxyl groups is 4. The van der Waals surface area contributed by atoms with Crippen molar-refractivity contribution < 1.29 is 25.2 Å². The lowest BCUT2D eigenvalue weighted by Gasteiger charge is -2.23. The monoisotopic (exact) mass is 190 g/mol.